The van der Waals surface area contributed by atoms with Gasteiger partial charge in [-0.25, -0.2) is 0 Å². The lowest BCUT2D eigenvalue weighted by Gasteiger charge is -2.33. The van der Waals surface area contributed by atoms with Crippen LogP contribution < -0.4 is 5.56 Å². The van der Waals surface area contributed by atoms with Crippen LogP contribution in [0.2, 0.25) is 0 Å². The summed E-state index contributed by atoms with van der Waals surface area (Å²) in [6.07, 6.45) is 4.97. The smallest absolute Gasteiger partial charge is 0.264 e. The molecule has 0 saturated heterocycles. The van der Waals surface area contributed by atoms with E-state index in [1.807, 2.05) is 8.97 Å². The highest BCUT2D eigenvalue weighted by molar-refractivity contribution is 7.18. The Kier molecular flexibility index (Phi) is 4.03. The number of aryl methyl sites for hydroxylation is 1. The van der Waals surface area contributed by atoms with Crippen LogP contribution in [-0.4, -0.2) is 19.2 Å². The van der Waals surface area contributed by atoms with Crippen LogP contribution in [0.4, 0.5) is 0 Å². The molecule has 0 bridgehead atoms. The van der Waals surface area contributed by atoms with E-state index in [2.05, 4.69) is 51.7 Å². The molecule has 0 radical (unpaired) electrons. The Labute approximate surface area is 158 Å². The topological polar surface area (TPSA) is 52.2 Å². The van der Waals surface area contributed by atoms with Crippen molar-refractivity contribution in [1.29, 1.82) is 0 Å². The highest BCUT2D eigenvalue weighted by Gasteiger charge is 2.32. The number of aromatic nitrogens is 4. The van der Waals surface area contributed by atoms with E-state index in [0.717, 1.165) is 29.5 Å². The molecule has 0 fully saturated rings. The summed E-state index contributed by atoms with van der Waals surface area (Å²) in [7, 11) is 0. The van der Waals surface area contributed by atoms with Gasteiger partial charge in [0, 0.05) is 10.9 Å². The first kappa shape index (κ1) is 17.7. The van der Waals surface area contributed by atoms with E-state index in [1.165, 1.54) is 10.4 Å². The van der Waals surface area contributed by atoms with Gasteiger partial charge in [0.1, 0.15) is 11.2 Å². The minimum Gasteiger partial charge on any atom is -0.273 e. The number of rotatable bonds is 2. The van der Waals surface area contributed by atoms with Gasteiger partial charge in [0.25, 0.3) is 5.56 Å². The summed E-state index contributed by atoms with van der Waals surface area (Å²) in [5, 5.41) is 9.29. The molecular weight excluding hydrogens is 344 g/mol. The standard InChI is InChI=1S/C20H28N4OS/c1-11(2)12(3)24-17(25)16-14-8-7-13(20(4,5)6)9-15(14)26-18(16)23-10-21-22-19(23)24/h10-13H,7-9H2,1-6H3. The normalized spacial score (nSPS) is 19.4. The Morgan fingerprint density at radius 3 is 2.65 bits per heavy atom. The SMILES string of the molecule is CC(C)C(C)n1c(=O)c2c3c(sc2n2cnnc12)CC(C(C)(C)C)CC3. The third kappa shape index (κ3) is 2.53. The first-order valence-corrected chi connectivity index (χ1v) is 10.4. The average Bonchev–Trinajstić information content (AvgIpc) is 3.17. The lowest BCUT2D eigenvalue weighted by atomic mass is 9.72. The molecule has 6 heteroatoms. The minimum absolute atomic E-state index is 0.0834. The van der Waals surface area contributed by atoms with Gasteiger partial charge in [-0.15, -0.1) is 21.5 Å². The molecule has 4 rings (SSSR count). The Hall–Kier alpha value is -1.69. The van der Waals surface area contributed by atoms with Crippen LogP contribution in [-0.2, 0) is 12.8 Å². The molecule has 26 heavy (non-hydrogen) atoms. The number of nitrogens with zero attached hydrogens (tertiary/aromatic N) is 4. The molecule has 0 aliphatic heterocycles. The van der Waals surface area contributed by atoms with Crippen molar-refractivity contribution in [3.05, 3.63) is 27.1 Å². The van der Waals surface area contributed by atoms with Gasteiger partial charge >= 0.3 is 0 Å². The highest BCUT2D eigenvalue weighted by atomic mass is 32.1. The maximum absolute atomic E-state index is 13.5. The van der Waals surface area contributed by atoms with E-state index in [1.54, 1.807) is 17.7 Å². The molecule has 0 amide bonds. The van der Waals surface area contributed by atoms with Crippen LogP contribution in [0.1, 0.15) is 64.4 Å². The molecule has 3 aromatic heterocycles. The fourth-order valence-electron chi connectivity index (χ4n) is 4.11. The predicted molar refractivity (Wildman–Crippen MR) is 107 cm³/mol. The second-order valence-electron chi connectivity index (χ2n) is 9.15. The number of fused-ring (bicyclic) bond motifs is 5. The monoisotopic (exact) mass is 372 g/mol. The van der Waals surface area contributed by atoms with Gasteiger partial charge in [0.05, 0.1) is 5.39 Å². The Morgan fingerprint density at radius 1 is 1.27 bits per heavy atom. The maximum atomic E-state index is 13.5. The molecule has 0 spiro atoms. The molecule has 1 aliphatic carbocycles. The Morgan fingerprint density at radius 2 is 2.00 bits per heavy atom. The first-order chi connectivity index (χ1) is 12.2. The van der Waals surface area contributed by atoms with Crippen LogP contribution in [0, 0.1) is 17.3 Å². The second-order valence-corrected chi connectivity index (χ2v) is 10.2. The lowest BCUT2D eigenvalue weighted by molar-refractivity contribution is 0.218. The van der Waals surface area contributed by atoms with E-state index >= 15 is 0 Å². The molecule has 0 N–H and O–H groups in total. The van der Waals surface area contributed by atoms with Crippen molar-refractivity contribution < 1.29 is 0 Å². The quantitative estimate of drug-likeness (QED) is 0.667. The minimum atomic E-state index is 0.0834. The highest BCUT2D eigenvalue weighted by Crippen LogP contribution is 2.42. The molecule has 3 aromatic rings. The molecule has 1 aliphatic rings. The van der Waals surface area contributed by atoms with Crippen LogP contribution in [0.15, 0.2) is 11.1 Å². The fourth-order valence-corrected chi connectivity index (χ4v) is 5.50. The first-order valence-electron chi connectivity index (χ1n) is 9.58. The van der Waals surface area contributed by atoms with Crippen molar-refractivity contribution in [1.82, 2.24) is 19.2 Å². The molecule has 0 saturated carbocycles. The predicted octanol–water partition coefficient (Wildman–Crippen LogP) is 4.47. The van der Waals surface area contributed by atoms with Gasteiger partial charge in [-0.05, 0) is 49.0 Å². The maximum Gasteiger partial charge on any atom is 0.264 e. The summed E-state index contributed by atoms with van der Waals surface area (Å²) in [5.74, 6) is 1.68. The summed E-state index contributed by atoms with van der Waals surface area (Å²) >= 11 is 1.77. The summed E-state index contributed by atoms with van der Waals surface area (Å²) in [5.41, 5.74) is 1.68. The van der Waals surface area contributed by atoms with Crippen molar-refractivity contribution in [2.24, 2.45) is 17.3 Å². The van der Waals surface area contributed by atoms with Gasteiger partial charge in [-0.2, -0.15) is 0 Å². The van der Waals surface area contributed by atoms with Crippen LogP contribution in [0.3, 0.4) is 0 Å². The summed E-state index contributed by atoms with van der Waals surface area (Å²) < 4.78 is 3.87. The molecule has 2 unspecified atom stereocenters. The fraction of sp³-hybridized carbons (Fsp3) is 0.650. The number of hydrogen-bond acceptors (Lipinski definition) is 4. The molecule has 3 heterocycles. The number of hydrogen-bond donors (Lipinski definition) is 0. The molecule has 140 valence electrons. The molecule has 2 atom stereocenters. The van der Waals surface area contributed by atoms with Crippen molar-refractivity contribution >= 4 is 27.3 Å². The zero-order valence-corrected chi connectivity index (χ0v) is 17.4. The van der Waals surface area contributed by atoms with E-state index in [9.17, 15) is 4.79 Å². The zero-order valence-electron chi connectivity index (χ0n) is 16.5. The average molecular weight is 373 g/mol. The summed E-state index contributed by atoms with van der Waals surface area (Å²) in [6, 6.07) is 0.0834. The van der Waals surface area contributed by atoms with Gasteiger partial charge in [0.2, 0.25) is 5.78 Å². The lowest BCUT2D eigenvalue weighted by Crippen LogP contribution is -2.29. The largest absolute Gasteiger partial charge is 0.273 e. The van der Waals surface area contributed by atoms with Gasteiger partial charge < -0.3 is 0 Å². The van der Waals surface area contributed by atoms with Crippen molar-refractivity contribution in [2.75, 3.05) is 0 Å². The van der Waals surface area contributed by atoms with Gasteiger partial charge in [0.15, 0.2) is 0 Å². The van der Waals surface area contributed by atoms with Crippen LogP contribution >= 0.6 is 11.3 Å². The van der Waals surface area contributed by atoms with Crippen molar-refractivity contribution in [2.45, 2.75) is 66.8 Å². The van der Waals surface area contributed by atoms with Gasteiger partial charge in [-0.1, -0.05) is 34.6 Å². The van der Waals surface area contributed by atoms with Crippen LogP contribution in [0.5, 0.6) is 0 Å². The Balaban J connectivity index is 2.00. The van der Waals surface area contributed by atoms with Gasteiger partial charge in [-0.3, -0.25) is 13.8 Å². The molecule has 5 nitrogen and oxygen atoms in total. The van der Waals surface area contributed by atoms with E-state index < -0.39 is 0 Å². The van der Waals surface area contributed by atoms with Crippen LogP contribution in [0.25, 0.3) is 16.0 Å². The summed E-state index contributed by atoms with van der Waals surface area (Å²) in [4.78, 5) is 15.9. The Bertz CT molecular complexity index is 1030. The third-order valence-electron chi connectivity index (χ3n) is 6.24. The summed E-state index contributed by atoms with van der Waals surface area (Å²) in [6.45, 7) is 13.4. The van der Waals surface area contributed by atoms with Crippen molar-refractivity contribution in [3.63, 3.8) is 0 Å². The van der Waals surface area contributed by atoms with E-state index in [-0.39, 0.29) is 11.6 Å². The second kappa shape index (κ2) is 5.91. The number of thiophene rings is 1. The third-order valence-corrected chi connectivity index (χ3v) is 7.49. The van der Waals surface area contributed by atoms with Crippen molar-refractivity contribution in [3.8, 4) is 0 Å². The van der Waals surface area contributed by atoms with E-state index in [4.69, 9.17) is 0 Å². The zero-order chi connectivity index (χ0) is 18.8. The van der Waals surface area contributed by atoms with E-state index in [0.29, 0.717) is 23.0 Å². The molecular formula is C20H28N4OS. The molecule has 0 aromatic carbocycles.